The molecule has 0 aliphatic heterocycles. The van der Waals surface area contributed by atoms with Crippen molar-refractivity contribution in [1.82, 2.24) is 10.3 Å². The number of carbonyl (C=O) groups excluding carboxylic acids is 1. The Hall–Kier alpha value is -2.40. The zero-order valence-corrected chi connectivity index (χ0v) is 15.5. The Labute approximate surface area is 155 Å². The fourth-order valence-corrected chi connectivity index (χ4v) is 3.33. The van der Waals surface area contributed by atoms with Crippen molar-refractivity contribution in [2.75, 3.05) is 6.54 Å². The summed E-state index contributed by atoms with van der Waals surface area (Å²) in [4.78, 5) is 15.5. The lowest BCUT2D eigenvalue weighted by atomic mass is 9.88. The number of nitrogens with zero attached hydrogens (tertiary/aromatic N) is 1. The Balaban J connectivity index is 1.70. The second kappa shape index (κ2) is 8.32. The molecule has 5 heteroatoms. The van der Waals surface area contributed by atoms with Gasteiger partial charge in [-0.2, -0.15) is 0 Å². The van der Waals surface area contributed by atoms with Crippen LogP contribution in [-0.2, 0) is 12.8 Å². The van der Waals surface area contributed by atoms with Crippen LogP contribution in [0.3, 0.4) is 0 Å². The highest BCUT2D eigenvalue weighted by molar-refractivity contribution is 5.95. The maximum absolute atomic E-state index is 11.5. The summed E-state index contributed by atoms with van der Waals surface area (Å²) in [7, 11) is 0. The zero-order valence-electron chi connectivity index (χ0n) is 15.5. The SMILES string of the molecule is CC(C)CCNC1CCc2ccc(Oc3ccncc3C(N)=O)cc2C1. The van der Waals surface area contributed by atoms with Gasteiger partial charge in [-0.25, -0.2) is 0 Å². The van der Waals surface area contributed by atoms with Gasteiger partial charge in [-0.15, -0.1) is 0 Å². The van der Waals surface area contributed by atoms with E-state index >= 15 is 0 Å². The molecule has 3 rings (SSSR count). The average Bonchev–Trinajstić information content (AvgIpc) is 2.61. The summed E-state index contributed by atoms with van der Waals surface area (Å²) in [5.74, 6) is 1.34. The van der Waals surface area contributed by atoms with Gasteiger partial charge in [0.15, 0.2) is 0 Å². The van der Waals surface area contributed by atoms with E-state index in [0.717, 1.165) is 31.1 Å². The number of hydrogen-bond donors (Lipinski definition) is 2. The van der Waals surface area contributed by atoms with Crippen LogP contribution in [0.5, 0.6) is 11.5 Å². The number of rotatable bonds is 7. The van der Waals surface area contributed by atoms with Crippen molar-refractivity contribution < 1.29 is 9.53 Å². The standard InChI is InChI=1S/C21H27N3O2/c1-14(2)7-10-24-17-5-3-15-4-6-18(12-16(15)11-17)26-20-8-9-23-13-19(20)21(22)25/h4,6,8-9,12-14,17,24H,3,5,7,10-11H2,1-2H3,(H2,22,25). The molecule has 1 aromatic heterocycles. The number of carbonyl (C=O) groups is 1. The minimum Gasteiger partial charge on any atom is -0.456 e. The van der Waals surface area contributed by atoms with Gasteiger partial charge in [-0.3, -0.25) is 9.78 Å². The quantitative estimate of drug-likeness (QED) is 0.799. The van der Waals surface area contributed by atoms with Crippen molar-refractivity contribution in [2.24, 2.45) is 11.7 Å². The molecule has 1 atom stereocenters. The second-order valence-electron chi connectivity index (χ2n) is 7.35. The van der Waals surface area contributed by atoms with Crippen LogP contribution < -0.4 is 15.8 Å². The van der Waals surface area contributed by atoms with Crippen LogP contribution in [0, 0.1) is 5.92 Å². The van der Waals surface area contributed by atoms with Gasteiger partial charge < -0.3 is 15.8 Å². The molecule has 0 radical (unpaired) electrons. The molecular weight excluding hydrogens is 326 g/mol. The number of aromatic nitrogens is 1. The van der Waals surface area contributed by atoms with Crippen molar-refractivity contribution in [2.45, 2.75) is 45.6 Å². The van der Waals surface area contributed by atoms with Crippen LogP contribution in [0.4, 0.5) is 0 Å². The number of ether oxygens (including phenoxy) is 1. The zero-order chi connectivity index (χ0) is 18.5. The Morgan fingerprint density at radius 1 is 1.35 bits per heavy atom. The van der Waals surface area contributed by atoms with Gasteiger partial charge in [0, 0.05) is 18.4 Å². The first kappa shape index (κ1) is 18.4. The minimum absolute atomic E-state index is 0.290. The Bertz CT molecular complexity index is 774. The van der Waals surface area contributed by atoms with E-state index in [9.17, 15) is 4.79 Å². The monoisotopic (exact) mass is 353 g/mol. The van der Waals surface area contributed by atoms with E-state index in [4.69, 9.17) is 10.5 Å². The lowest BCUT2D eigenvalue weighted by Gasteiger charge is -2.26. The second-order valence-corrected chi connectivity index (χ2v) is 7.35. The average molecular weight is 353 g/mol. The third-order valence-electron chi connectivity index (χ3n) is 4.84. The number of nitrogens with two attached hydrogens (primary N) is 1. The summed E-state index contributed by atoms with van der Waals surface area (Å²) in [6.45, 7) is 5.56. The fourth-order valence-electron chi connectivity index (χ4n) is 3.33. The molecule has 0 fully saturated rings. The van der Waals surface area contributed by atoms with Gasteiger partial charge >= 0.3 is 0 Å². The molecule has 5 nitrogen and oxygen atoms in total. The number of benzene rings is 1. The topological polar surface area (TPSA) is 77.2 Å². The van der Waals surface area contributed by atoms with Gasteiger partial charge in [-0.05, 0) is 67.5 Å². The molecule has 1 aromatic carbocycles. The van der Waals surface area contributed by atoms with Crippen molar-refractivity contribution in [3.8, 4) is 11.5 Å². The van der Waals surface area contributed by atoms with E-state index in [1.54, 1.807) is 12.3 Å². The highest BCUT2D eigenvalue weighted by atomic mass is 16.5. The van der Waals surface area contributed by atoms with Crippen LogP contribution in [0.2, 0.25) is 0 Å². The first-order chi connectivity index (χ1) is 12.5. The Morgan fingerprint density at radius 3 is 2.96 bits per heavy atom. The van der Waals surface area contributed by atoms with Gasteiger partial charge in [0.1, 0.15) is 17.1 Å². The summed E-state index contributed by atoms with van der Waals surface area (Å²) in [5, 5.41) is 3.68. The molecule has 1 heterocycles. The minimum atomic E-state index is -0.541. The molecule has 26 heavy (non-hydrogen) atoms. The predicted octanol–water partition coefficient (Wildman–Crippen LogP) is 3.47. The van der Waals surface area contributed by atoms with Gasteiger partial charge in [0.25, 0.3) is 5.91 Å². The van der Waals surface area contributed by atoms with Crippen LogP contribution in [0.1, 0.15) is 48.2 Å². The maximum Gasteiger partial charge on any atom is 0.254 e. The molecule has 138 valence electrons. The number of fused-ring (bicyclic) bond motifs is 1. The van der Waals surface area contributed by atoms with Crippen molar-refractivity contribution in [3.63, 3.8) is 0 Å². The van der Waals surface area contributed by atoms with Crippen LogP contribution >= 0.6 is 0 Å². The molecule has 1 amide bonds. The van der Waals surface area contributed by atoms with Crippen molar-refractivity contribution >= 4 is 5.91 Å². The van der Waals surface area contributed by atoms with E-state index in [0.29, 0.717) is 17.4 Å². The number of pyridine rings is 1. The van der Waals surface area contributed by atoms with E-state index < -0.39 is 5.91 Å². The Morgan fingerprint density at radius 2 is 2.19 bits per heavy atom. The summed E-state index contributed by atoms with van der Waals surface area (Å²) < 4.78 is 5.92. The summed E-state index contributed by atoms with van der Waals surface area (Å²) >= 11 is 0. The molecule has 1 aliphatic rings. The van der Waals surface area contributed by atoms with Crippen LogP contribution in [0.15, 0.2) is 36.7 Å². The largest absolute Gasteiger partial charge is 0.456 e. The van der Waals surface area contributed by atoms with Crippen LogP contribution in [-0.4, -0.2) is 23.5 Å². The molecular formula is C21H27N3O2. The molecule has 1 aliphatic carbocycles. The first-order valence-electron chi connectivity index (χ1n) is 9.29. The van der Waals surface area contributed by atoms with Gasteiger partial charge in [-0.1, -0.05) is 19.9 Å². The number of amides is 1. The predicted molar refractivity (Wildman–Crippen MR) is 103 cm³/mol. The lowest BCUT2D eigenvalue weighted by molar-refractivity contribution is 0.0997. The Kier molecular flexibility index (Phi) is 5.89. The highest BCUT2D eigenvalue weighted by Crippen LogP contribution is 2.29. The van der Waals surface area contributed by atoms with E-state index in [1.807, 2.05) is 6.07 Å². The molecule has 2 aromatic rings. The highest BCUT2D eigenvalue weighted by Gasteiger charge is 2.19. The third kappa shape index (κ3) is 4.61. The molecule has 1 unspecified atom stereocenters. The third-order valence-corrected chi connectivity index (χ3v) is 4.84. The number of primary amides is 1. The van der Waals surface area contributed by atoms with E-state index in [2.05, 4.69) is 36.3 Å². The van der Waals surface area contributed by atoms with Crippen molar-refractivity contribution in [3.05, 3.63) is 53.3 Å². The van der Waals surface area contributed by atoms with E-state index in [-0.39, 0.29) is 0 Å². The maximum atomic E-state index is 11.5. The first-order valence-corrected chi connectivity index (χ1v) is 9.29. The fraction of sp³-hybridized carbons (Fsp3) is 0.429. The summed E-state index contributed by atoms with van der Waals surface area (Å²) in [5.41, 5.74) is 8.38. The van der Waals surface area contributed by atoms with Crippen molar-refractivity contribution in [1.29, 1.82) is 0 Å². The smallest absolute Gasteiger partial charge is 0.254 e. The van der Waals surface area contributed by atoms with Gasteiger partial charge in [0.05, 0.1) is 0 Å². The van der Waals surface area contributed by atoms with Crippen LogP contribution in [0.25, 0.3) is 0 Å². The molecule has 0 spiro atoms. The number of hydrogen-bond acceptors (Lipinski definition) is 4. The summed E-state index contributed by atoms with van der Waals surface area (Å²) in [6, 6.07) is 8.34. The number of nitrogens with one attached hydrogen (secondary N) is 1. The molecule has 0 saturated heterocycles. The lowest BCUT2D eigenvalue weighted by Crippen LogP contribution is -2.35. The van der Waals surface area contributed by atoms with Gasteiger partial charge in [0.2, 0.25) is 0 Å². The molecule has 0 bridgehead atoms. The normalized spacial score (nSPS) is 16.3. The number of aryl methyl sites for hydroxylation is 1. The molecule has 0 saturated carbocycles. The van der Waals surface area contributed by atoms with E-state index in [1.165, 1.54) is 30.2 Å². The summed E-state index contributed by atoms with van der Waals surface area (Å²) in [6.07, 6.45) is 7.48. The molecule has 3 N–H and O–H groups in total.